The van der Waals surface area contributed by atoms with Crippen LogP contribution >= 0.6 is 0 Å². The largest absolute Gasteiger partial charge is 0.326 e. The Hall–Kier alpha value is -2.13. The molecule has 0 spiro atoms. The second-order valence-corrected chi connectivity index (χ2v) is 4.95. The zero-order chi connectivity index (χ0) is 14.4. The minimum atomic E-state index is -0.0313. The molecule has 2 rings (SSSR count). The summed E-state index contributed by atoms with van der Waals surface area (Å²) in [6, 6.07) is 17.7. The van der Waals surface area contributed by atoms with Gasteiger partial charge in [-0.1, -0.05) is 42.5 Å². The fourth-order valence-electron chi connectivity index (χ4n) is 2.03. The molecule has 20 heavy (non-hydrogen) atoms. The predicted octanol–water partition coefficient (Wildman–Crippen LogP) is 3.28. The predicted molar refractivity (Wildman–Crippen MR) is 82.4 cm³/mol. The van der Waals surface area contributed by atoms with Gasteiger partial charge >= 0.3 is 0 Å². The zero-order valence-electron chi connectivity index (χ0n) is 11.7. The van der Waals surface area contributed by atoms with Crippen LogP contribution in [-0.4, -0.2) is 5.91 Å². The molecule has 3 heteroatoms. The van der Waals surface area contributed by atoms with E-state index in [1.807, 2.05) is 61.5 Å². The molecule has 2 aromatic carbocycles. The van der Waals surface area contributed by atoms with Gasteiger partial charge in [-0.3, -0.25) is 4.79 Å². The van der Waals surface area contributed by atoms with Crippen molar-refractivity contribution in [3.05, 3.63) is 65.7 Å². The number of aryl methyl sites for hydroxylation is 1. The van der Waals surface area contributed by atoms with Gasteiger partial charge in [-0.2, -0.15) is 0 Å². The van der Waals surface area contributed by atoms with Gasteiger partial charge in [0, 0.05) is 18.2 Å². The van der Waals surface area contributed by atoms with Gasteiger partial charge in [0.05, 0.1) is 0 Å². The highest BCUT2D eigenvalue weighted by atomic mass is 16.1. The molecule has 0 saturated carbocycles. The van der Waals surface area contributed by atoms with E-state index in [1.54, 1.807) is 0 Å². The number of amides is 1. The number of anilines is 1. The van der Waals surface area contributed by atoms with Crippen molar-refractivity contribution in [1.82, 2.24) is 0 Å². The highest BCUT2D eigenvalue weighted by Gasteiger charge is 2.05. The Labute approximate surface area is 119 Å². The molecule has 1 amide bonds. The minimum Gasteiger partial charge on any atom is -0.326 e. The van der Waals surface area contributed by atoms with Crippen LogP contribution in [0.2, 0.25) is 0 Å². The molecule has 0 aromatic heterocycles. The lowest BCUT2D eigenvalue weighted by molar-refractivity contribution is -0.116. The van der Waals surface area contributed by atoms with E-state index in [4.69, 9.17) is 5.73 Å². The lowest BCUT2D eigenvalue weighted by Crippen LogP contribution is -2.13. The topological polar surface area (TPSA) is 55.1 Å². The van der Waals surface area contributed by atoms with Gasteiger partial charge < -0.3 is 11.1 Å². The maximum Gasteiger partial charge on any atom is 0.224 e. The van der Waals surface area contributed by atoms with Crippen LogP contribution in [0.4, 0.5) is 5.69 Å². The van der Waals surface area contributed by atoms with Crippen molar-refractivity contribution in [2.75, 3.05) is 5.32 Å². The van der Waals surface area contributed by atoms with Crippen molar-refractivity contribution < 1.29 is 4.79 Å². The average Bonchev–Trinajstić information content (AvgIpc) is 2.46. The van der Waals surface area contributed by atoms with Crippen LogP contribution < -0.4 is 11.1 Å². The second-order valence-electron chi connectivity index (χ2n) is 4.95. The highest BCUT2D eigenvalue weighted by molar-refractivity contribution is 5.90. The van der Waals surface area contributed by atoms with Gasteiger partial charge in [0.15, 0.2) is 0 Å². The SMILES string of the molecule is CC(N)c1cccc(NC(=O)CCc2ccccc2)c1. The third kappa shape index (κ3) is 4.21. The van der Waals surface area contributed by atoms with Crippen molar-refractivity contribution >= 4 is 11.6 Å². The summed E-state index contributed by atoms with van der Waals surface area (Å²) >= 11 is 0. The standard InChI is InChI=1S/C17H20N2O/c1-13(18)15-8-5-9-16(12-15)19-17(20)11-10-14-6-3-2-4-7-14/h2-9,12-13H,10-11,18H2,1H3,(H,19,20). The number of nitrogens with one attached hydrogen (secondary N) is 1. The first-order chi connectivity index (χ1) is 9.65. The average molecular weight is 268 g/mol. The van der Waals surface area contributed by atoms with Crippen LogP contribution in [0.1, 0.15) is 30.5 Å². The molecule has 3 N–H and O–H groups in total. The summed E-state index contributed by atoms with van der Waals surface area (Å²) in [5.41, 5.74) is 8.83. The quantitative estimate of drug-likeness (QED) is 0.874. The van der Waals surface area contributed by atoms with Crippen LogP contribution in [-0.2, 0) is 11.2 Å². The number of carbonyl (C=O) groups excluding carboxylic acids is 1. The van der Waals surface area contributed by atoms with Crippen molar-refractivity contribution in [3.63, 3.8) is 0 Å². The van der Waals surface area contributed by atoms with E-state index in [9.17, 15) is 4.79 Å². The Morgan fingerprint density at radius 3 is 2.60 bits per heavy atom. The van der Waals surface area contributed by atoms with E-state index < -0.39 is 0 Å². The molecule has 0 aliphatic carbocycles. The first kappa shape index (κ1) is 14.3. The summed E-state index contributed by atoms with van der Waals surface area (Å²) in [6.45, 7) is 1.93. The van der Waals surface area contributed by atoms with Gasteiger partial charge in [0.2, 0.25) is 5.91 Å². The lowest BCUT2D eigenvalue weighted by Gasteiger charge is -2.09. The summed E-state index contributed by atoms with van der Waals surface area (Å²) in [5, 5.41) is 2.91. The van der Waals surface area contributed by atoms with Crippen LogP contribution in [0.5, 0.6) is 0 Å². The van der Waals surface area contributed by atoms with Gasteiger partial charge in [0.25, 0.3) is 0 Å². The van der Waals surface area contributed by atoms with Gasteiger partial charge in [-0.25, -0.2) is 0 Å². The van der Waals surface area contributed by atoms with Crippen molar-refractivity contribution in [3.8, 4) is 0 Å². The summed E-state index contributed by atoms with van der Waals surface area (Å²) < 4.78 is 0. The first-order valence-electron chi connectivity index (χ1n) is 6.84. The molecule has 0 bridgehead atoms. The van der Waals surface area contributed by atoms with E-state index in [2.05, 4.69) is 5.32 Å². The Kier molecular flexibility index (Phi) is 4.91. The number of hydrogen-bond donors (Lipinski definition) is 2. The lowest BCUT2D eigenvalue weighted by atomic mass is 10.1. The maximum absolute atomic E-state index is 11.9. The molecule has 0 aliphatic rings. The van der Waals surface area contributed by atoms with Crippen LogP contribution in [0.25, 0.3) is 0 Å². The normalized spacial score (nSPS) is 11.9. The molecule has 3 nitrogen and oxygen atoms in total. The summed E-state index contributed by atoms with van der Waals surface area (Å²) in [7, 11) is 0. The molecule has 0 saturated heterocycles. The number of benzene rings is 2. The monoisotopic (exact) mass is 268 g/mol. The van der Waals surface area contributed by atoms with E-state index >= 15 is 0 Å². The van der Waals surface area contributed by atoms with E-state index in [0.29, 0.717) is 6.42 Å². The van der Waals surface area contributed by atoms with E-state index in [0.717, 1.165) is 17.7 Å². The molecule has 1 unspecified atom stereocenters. The van der Waals surface area contributed by atoms with E-state index in [1.165, 1.54) is 5.56 Å². The van der Waals surface area contributed by atoms with Crippen LogP contribution in [0, 0.1) is 0 Å². The highest BCUT2D eigenvalue weighted by Crippen LogP contribution is 2.16. The summed E-state index contributed by atoms with van der Waals surface area (Å²) in [5.74, 6) is 0.0238. The van der Waals surface area contributed by atoms with Crippen LogP contribution in [0.3, 0.4) is 0 Å². The Morgan fingerprint density at radius 1 is 1.15 bits per heavy atom. The van der Waals surface area contributed by atoms with Gasteiger partial charge in [-0.15, -0.1) is 0 Å². The Bertz CT molecular complexity index is 564. The van der Waals surface area contributed by atoms with Crippen molar-refractivity contribution in [1.29, 1.82) is 0 Å². The van der Waals surface area contributed by atoms with Crippen LogP contribution in [0.15, 0.2) is 54.6 Å². The molecule has 1 atom stereocenters. The Morgan fingerprint density at radius 2 is 1.90 bits per heavy atom. The van der Waals surface area contributed by atoms with Gasteiger partial charge in [-0.05, 0) is 36.6 Å². The van der Waals surface area contributed by atoms with Gasteiger partial charge in [0.1, 0.15) is 0 Å². The second kappa shape index (κ2) is 6.87. The minimum absolute atomic E-state index is 0.0238. The maximum atomic E-state index is 11.9. The number of nitrogens with two attached hydrogens (primary N) is 1. The fourth-order valence-corrected chi connectivity index (χ4v) is 2.03. The molecule has 0 aliphatic heterocycles. The number of carbonyl (C=O) groups is 1. The number of rotatable bonds is 5. The third-order valence-electron chi connectivity index (χ3n) is 3.18. The van der Waals surface area contributed by atoms with Crippen molar-refractivity contribution in [2.45, 2.75) is 25.8 Å². The molecular weight excluding hydrogens is 248 g/mol. The number of hydrogen-bond acceptors (Lipinski definition) is 2. The fraction of sp³-hybridized carbons (Fsp3) is 0.235. The molecule has 0 radical (unpaired) electrons. The molecular formula is C17H20N2O. The summed E-state index contributed by atoms with van der Waals surface area (Å²) in [6.07, 6.45) is 1.23. The Balaban J connectivity index is 1.90. The molecule has 0 heterocycles. The third-order valence-corrected chi connectivity index (χ3v) is 3.18. The zero-order valence-corrected chi connectivity index (χ0v) is 11.7. The first-order valence-corrected chi connectivity index (χ1v) is 6.84. The molecule has 104 valence electrons. The van der Waals surface area contributed by atoms with E-state index in [-0.39, 0.29) is 11.9 Å². The summed E-state index contributed by atoms with van der Waals surface area (Å²) in [4.78, 5) is 11.9. The smallest absolute Gasteiger partial charge is 0.224 e. The van der Waals surface area contributed by atoms with Crippen molar-refractivity contribution in [2.24, 2.45) is 5.73 Å². The molecule has 2 aromatic rings. The molecule has 0 fully saturated rings.